The summed E-state index contributed by atoms with van der Waals surface area (Å²) in [6, 6.07) is 17.0. The number of nitrogens with zero attached hydrogens (tertiary/aromatic N) is 3. The van der Waals surface area contributed by atoms with Crippen molar-refractivity contribution < 1.29 is 9.32 Å². The predicted molar refractivity (Wildman–Crippen MR) is 98.2 cm³/mol. The second-order valence-corrected chi connectivity index (χ2v) is 5.91. The van der Waals surface area contributed by atoms with Crippen LogP contribution in [0.25, 0.3) is 16.9 Å². The van der Waals surface area contributed by atoms with E-state index in [2.05, 4.69) is 15.5 Å². The Balaban J connectivity index is 1.47. The van der Waals surface area contributed by atoms with Crippen LogP contribution in [0.1, 0.15) is 16.1 Å². The van der Waals surface area contributed by atoms with Crippen LogP contribution < -0.4 is 5.32 Å². The Labute approximate surface area is 150 Å². The van der Waals surface area contributed by atoms with Gasteiger partial charge in [-0.05, 0) is 31.2 Å². The van der Waals surface area contributed by atoms with Crippen LogP contribution in [0.5, 0.6) is 0 Å². The third-order valence-corrected chi connectivity index (χ3v) is 4.01. The molecule has 2 aromatic carbocycles. The van der Waals surface area contributed by atoms with Gasteiger partial charge >= 0.3 is 0 Å². The Bertz CT molecular complexity index is 1020. The molecular weight excluding hydrogens is 328 g/mol. The van der Waals surface area contributed by atoms with Gasteiger partial charge in [0.1, 0.15) is 5.69 Å². The third kappa shape index (κ3) is 3.25. The van der Waals surface area contributed by atoms with Crippen molar-refractivity contribution in [3.05, 3.63) is 84.6 Å². The fraction of sp³-hybridized carbons (Fsp3) is 0.0500. The topological polar surface area (TPSA) is 73.0 Å². The molecular formula is C20H16N4O2. The van der Waals surface area contributed by atoms with Gasteiger partial charge in [-0.1, -0.05) is 35.0 Å². The maximum absolute atomic E-state index is 12.4. The average molecular weight is 344 g/mol. The van der Waals surface area contributed by atoms with E-state index < -0.39 is 0 Å². The van der Waals surface area contributed by atoms with E-state index in [-0.39, 0.29) is 11.7 Å². The summed E-state index contributed by atoms with van der Waals surface area (Å²) in [5, 5.41) is 6.79. The molecule has 0 saturated carbocycles. The summed E-state index contributed by atoms with van der Waals surface area (Å²) in [6.45, 7) is 2.02. The van der Waals surface area contributed by atoms with Crippen molar-refractivity contribution in [3.63, 3.8) is 0 Å². The number of nitrogens with one attached hydrogen (secondary N) is 1. The van der Waals surface area contributed by atoms with Gasteiger partial charge in [0, 0.05) is 35.4 Å². The number of hydrogen-bond acceptors (Lipinski definition) is 4. The van der Waals surface area contributed by atoms with Crippen LogP contribution in [0.2, 0.25) is 0 Å². The van der Waals surface area contributed by atoms with Crippen LogP contribution in [0.3, 0.4) is 0 Å². The second-order valence-electron chi connectivity index (χ2n) is 5.91. The molecule has 4 rings (SSSR count). The van der Waals surface area contributed by atoms with E-state index in [0.29, 0.717) is 11.4 Å². The van der Waals surface area contributed by atoms with E-state index >= 15 is 0 Å². The lowest BCUT2D eigenvalue weighted by Gasteiger charge is -2.05. The van der Waals surface area contributed by atoms with E-state index in [4.69, 9.17) is 4.52 Å². The highest BCUT2D eigenvalue weighted by Gasteiger charge is 2.14. The molecule has 2 aromatic heterocycles. The number of benzene rings is 2. The van der Waals surface area contributed by atoms with Gasteiger partial charge in [-0.25, -0.2) is 4.98 Å². The Morgan fingerprint density at radius 2 is 1.85 bits per heavy atom. The number of aromatic nitrogens is 3. The summed E-state index contributed by atoms with van der Waals surface area (Å²) in [4.78, 5) is 16.4. The van der Waals surface area contributed by atoms with Crippen LogP contribution in [0, 0.1) is 6.92 Å². The van der Waals surface area contributed by atoms with E-state index in [0.717, 1.165) is 16.8 Å². The third-order valence-electron chi connectivity index (χ3n) is 4.01. The summed E-state index contributed by atoms with van der Waals surface area (Å²) in [5.41, 5.74) is 4.33. The minimum atomic E-state index is -0.341. The minimum absolute atomic E-state index is 0.166. The molecule has 1 amide bonds. The molecule has 0 atom stereocenters. The first kappa shape index (κ1) is 15.8. The molecule has 4 aromatic rings. The first-order valence-electron chi connectivity index (χ1n) is 8.12. The van der Waals surface area contributed by atoms with Gasteiger partial charge in [0.25, 0.3) is 5.91 Å². The number of carbonyl (C=O) groups is 1. The molecule has 0 unspecified atom stereocenters. The van der Waals surface area contributed by atoms with Crippen LogP contribution >= 0.6 is 0 Å². The van der Waals surface area contributed by atoms with E-state index in [1.54, 1.807) is 18.6 Å². The highest BCUT2D eigenvalue weighted by molar-refractivity contribution is 6.02. The van der Waals surface area contributed by atoms with Gasteiger partial charge < -0.3 is 14.4 Å². The molecule has 0 aliphatic rings. The standard InChI is InChI=1S/C20H16N4O2/c1-14-2-4-15(5-3-14)18-12-19(26-23-18)20(25)22-16-6-8-17(9-7-16)24-11-10-21-13-24/h2-13H,1H3,(H,22,25). The van der Waals surface area contributed by atoms with Crippen molar-refractivity contribution in [1.82, 2.24) is 14.7 Å². The average Bonchev–Trinajstić information content (AvgIpc) is 3.35. The normalized spacial score (nSPS) is 10.7. The van der Waals surface area contributed by atoms with Crippen LogP contribution in [0.15, 0.2) is 77.8 Å². The van der Waals surface area contributed by atoms with E-state index in [1.807, 2.05) is 66.2 Å². The van der Waals surface area contributed by atoms with Crippen LogP contribution in [-0.2, 0) is 0 Å². The number of anilines is 1. The smallest absolute Gasteiger partial charge is 0.294 e. The molecule has 0 fully saturated rings. The van der Waals surface area contributed by atoms with Gasteiger partial charge in [-0.2, -0.15) is 0 Å². The summed E-state index contributed by atoms with van der Waals surface area (Å²) in [5.74, 6) is -0.175. The summed E-state index contributed by atoms with van der Waals surface area (Å²) >= 11 is 0. The lowest BCUT2D eigenvalue weighted by molar-refractivity contribution is 0.0988. The summed E-state index contributed by atoms with van der Waals surface area (Å²) in [7, 11) is 0. The van der Waals surface area contributed by atoms with E-state index in [9.17, 15) is 4.79 Å². The zero-order chi connectivity index (χ0) is 17.9. The lowest BCUT2D eigenvalue weighted by Crippen LogP contribution is -2.10. The molecule has 6 heteroatoms. The Morgan fingerprint density at radius 1 is 1.08 bits per heavy atom. The molecule has 0 bridgehead atoms. The quantitative estimate of drug-likeness (QED) is 0.605. The van der Waals surface area contributed by atoms with Gasteiger partial charge in [0.2, 0.25) is 5.76 Å². The molecule has 0 radical (unpaired) electrons. The molecule has 0 aliphatic carbocycles. The molecule has 128 valence electrons. The highest BCUT2D eigenvalue weighted by atomic mass is 16.5. The van der Waals surface area contributed by atoms with Gasteiger partial charge in [-0.3, -0.25) is 4.79 Å². The van der Waals surface area contributed by atoms with E-state index in [1.165, 1.54) is 0 Å². The number of hydrogen-bond donors (Lipinski definition) is 1. The molecule has 6 nitrogen and oxygen atoms in total. The predicted octanol–water partition coefficient (Wildman–Crippen LogP) is 4.09. The van der Waals surface area contributed by atoms with Gasteiger partial charge in [-0.15, -0.1) is 0 Å². The highest BCUT2D eigenvalue weighted by Crippen LogP contribution is 2.20. The maximum Gasteiger partial charge on any atom is 0.294 e. The first-order valence-corrected chi connectivity index (χ1v) is 8.12. The molecule has 0 aliphatic heterocycles. The molecule has 0 saturated heterocycles. The minimum Gasteiger partial charge on any atom is -0.350 e. The van der Waals surface area contributed by atoms with Crippen molar-refractivity contribution in [2.45, 2.75) is 6.92 Å². The van der Waals surface area contributed by atoms with Crippen molar-refractivity contribution in [3.8, 4) is 16.9 Å². The number of rotatable bonds is 4. The molecule has 1 N–H and O–H groups in total. The molecule has 0 spiro atoms. The van der Waals surface area contributed by atoms with Crippen molar-refractivity contribution in [1.29, 1.82) is 0 Å². The summed E-state index contributed by atoms with van der Waals surface area (Å²) < 4.78 is 7.08. The fourth-order valence-electron chi connectivity index (χ4n) is 2.56. The zero-order valence-corrected chi connectivity index (χ0v) is 14.1. The fourth-order valence-corrected chi connectivity index (χ4v) is 2.56. The monoisotopic (exact) mass is 344 g/mol. The number of amides is 1. The zero-order valence-electron chi connectivity index (χ0n) is 14.1. The molecule has 26 heavy (non-hydrogen) atoms. The molecule has 2 heterocycles. The Hall–Kier alpha value is -3.67. The maximum atomic E-state index is 12.4. The van der Waals surface area contributed by atoms with Crippen molar-refractivity contribution in [2.24, 2.45) is 0 Å². The van der Waals surface area contributed by atoms with Crippen molar-refractivity contribution in [2.75, 3.05) is 5.32 Å². The number of carbonyl (C=O) groups excluding carboxylic acids is 1. The van der Waals surface area contributed by atoms with Crippen LogP contribution in [0.4, 0.5) is 5.69 Å². The van der Waals surface area contributed by atoms with Crippen LogP contribution in [-0.4, -0.2) is 20.6 Å². The number of imidazole rings is 1. The Morgan fingerprint density at radius 3 is 2.54 bits per heavy atom. The summed E-state index contributed by atoms with van der Waals surface area (Å²) in [6.07, 6.45) is 5.29. The first-order chi connectivity index (χ1) is 12.7. The van der Waals surface area contributed by atoms with Crippen molar-refractivity contribution >= 4 is 11.6 Å². The largest absolute Gasteiger partial charge is 0.350 e. The van der Waals surface area contributed by atoms with Gasteiger partial charge in [0.05, 0.1) is 6.33 Å². The second kappa shape index (κ2) is 6.68. The van der Waals surface area contributed by atoms with Gasteiger partial charge in [0.15, 0.2) is 0 Å². The Kier molecular flexibility index (Phi) is 4.07. The lowest BCUT2D eigenvalue weighted by atomic mass is 10.1. The number of aryl methyl sites for hydroxylation is 1. The SMILES string of the molecule is Cc1ccc(-c2cc(C(=O)Nc3ccc(-n4ccnc4)cc3)on2)cc1.